The van der Waals surface area contributed by atoms with Gasteiger partial charge in [0, 0.05) is 26.2 Å². The molecule has 0 radical (unpaired) electrons. The molecule has 1 aliphatic carbocycles. The van der Waals surface area contributed by atoms with E-state index < -0.39 is 10.0 Å². The van der Waals surface area contributed by atoms with Gasteiger partial charge in [-0.25, -0.2) is 12.7 Å². The van der Waals surface area contributed by atoms with Gasteiger partial charge >= 0.3 is 0 Å². The van der Waals surface area contributed by atoms with Crippen molar-refractivity contribution < 1.29 is 13.2 Å². The Labute approximate surface area is 149 Å². The summed E-state index contributed by atoms with van der Waals surface area (Å²) in [6.45, 7) is 0.613. The molecule has 24 heavy (non-hydrogen) atoms. The number of hydrogen-bond acceptors (Lipinski definition) is 3. The maximum Gasteiger partial charge on any atom is 0.251 e. The molecule has 1 N–H and O–H groups in total. The number of halogens is 1. The molecular weight excluding hydrogens is 348 g/mol. The number of sulfonamides is 1. The number of hydrogen-bond donors (Lipinski definition) is 1. The molecule has 0 aromatic heterocycles. The highest BCUT2D eigenvalue weighted by Crippen LogP contribution is 2.26. The molecule has 0 unspecified atom stereocenters. The Morgan fingerprint density at radius 1 is 1.25 bits per heavy atom. The minimum atomic E-state index is -3.68. The number of carbonyl (C=O) groups excluding carboxylic acids is 1. The lowest BCUT2D eigenvalue weighted by atomic mass is 9.87. The molecule has 1 aromatic rings. The fraction of sp³-hybridized carbons (Fsp3) is 0.588. The highest BCUT2D eigenvalue weighted by Gasteiger charge is 2.22. The van der Waals surface area contributed by atoms with Gasteiger partial charge in [0.2, 0.25) is 10.0 Å². The first-order valence-corrected chi connectivity index (χ1v) is 10.1. The Balaban J connectivity index is 2.02. The summed E-state index contributed by atoms with van der Waals surface area (Å²) in [4.78, 5) is 12.2. The van der Waals surface area contributed by atoms with Gasteiger partial charge in [-0.05, 0) is 30.5 Å². The fourth-order valence-corrected chi connectivity index (χ4v) is 4.40. The SMILES string of the molecule is CN(C)S(=O)(=O)c1cc(C(=O)NCCC2CCCCC2)ccc1Cl. The fourth-order valence-electron chi connectivity index (χ4n) is 3.01. The highest BCUT2D eigenvalue weighted by molar-refractivity contribution is 7.89. The van der Waals surface area contributed by atoms with Crippen molar-refractivity contribution in [1.29, 1.82) is 0 Å². The number of amides is 1. The maximum atomic E-state index is 12.3. The molecule has 7 heteroatoms. The molecule has 1 aromatic carbocycles. The van der Waals surface area contributed by atoms with E-state index in [2.05, 4.69) is 5.32 Å². The standard InChI is InChI=1S/C17H25ClN2O3S/c1-20(2)24(22,23)16-12-14(8-9-15(16)18)17(21)19-11-10-13-6-4-3-5-7-13/h8-9,12-13H,3-7,10-11H2,1-2H3,(H,19,21). The third-order valence-corrected chi connectivity index (χ3v) is 6.81. The van der Waals surface area contributed by atoms with Crippen molar-refractivity contribution in [3.05, 3.63) is 28.8 Å². The molecule has 0 aliphatic heterocycles. The van der Waals surface area contributed by atoms with Crippen molar-refractivity contribution in [1.82, 2.24) is 9.62 Å². The van der Waals surface area contributed by atoms with E-state index in [1.807, 2.05) is 0 Å². The zero-order valence-corrected chi connectivity index (χ0v) is 15.8. The maximum absolute atomic E-state index is 12.3. The first-order chi connectivity index (χ1) is 11.3. The molecule has 0 bridgehead atoms. The van der Waals surface area contributed by atoms with Gasteiger partial charge in [0.25, 0.3) is 5.91 Å². The second kappa shape index (κ2) is 8.32. The van der Waals surface area contributed by atoms with Gasteiger partial charge < -0.3 is 5.32 Å². The zero-order chi connectivity index (χ0) is 17.7. The van der Waals surface area contributed by atoms with E-state index in [-0.39, 0.29) is 15.8 Å². The molecule has 1 saturated carbocycles. The summed E-state index contributed by atoms with van der Waals surface area (Å²) in [5.74, 6) is 0.423. The van der Waals surface area contributed by atoms with Crippen LogP contribution >= 0.6 is 11.6 Å². The predicted molar refractivity (Wildman–Crippen MR) is 95.9 cm³/mol. The van der Waals surface area contributed by atoms with Gasteiger partial charge in [-0.15, -0.1) is 0 Å². The molecule has 1 fully saturated rings. The summed E-state index contributed by atoms with van der Waals surface area (Å²) >= 11 is 6.00. The van der Waals surface area contributed by atoms with Gasteiger partial charge in [0.1, 0.15) is 4.90 Å². The molecule has 0 saturated heterocycles. The average Bonchev–Trinajstić information content (AvgIpc) is 2.55. The van der Waals surface area contributed by atoms with E-state index in [1.165, 1.54) is 58.3 Å². The molecule has 0 heterocycles. The van der Waals surface area contributed by atoms with Crippen LogP contribution in [0.5, 0.6) is 0 Å². The van der Waals surface area contributed by atoms with Crippen molar-refractivity contribution in [2.75, 3.05) is 20.6 Å². The Morgan fingerprint density at radius 2 is 1.92 bits per heavy atom. The van der Waals surface area contributed by atoms with Crippen LogP contribution in [0.25, 0.3) is 0 Å². The number of benzene rings is 1. The third-order valence-electron chi connectivity index (χ3n) is 4.51. The molecular formula is C17H25ClN2O3S. The van der Waals surface area contributed by atoms with Gasteiger partial charge in [0.15, 0.2) is 0 Å². The molecule has 0 spiro atoms. The Kier molecular flexibility index (Phi) is 6.66. The quantitative estimate of drug-likeness (QED) is 0.833. The largest absolute Gasteiger partial charge is 0.352 e. The topological polar surface area (TPSA) is 66.5 Å². The van der Waals surface area contributed by atoms with Crippen LogP contribution in [0.15, 0.2) is 23.1 Å². The Hall–Kier alpha value is -1.11. The normalized spacial score (nSPS) is 16.3. The van der Waals surface area contributed by atoms with Crippen molar-refractivity contribution >= 4 is 27.5 Å². The van der Waals surface area contributed by atoms with Gasteiger partial charge in [-0.1, -0.05) is 43.7 Å². The van der Waals surface area contributed by atoms with Crippen molar-refractivity contribution in [3.8, 4) is 0 Å². The first-order valence-electron chi connectivity index (χ1n) is 8.32. The molecule has 1 amide bonds. The van der Waals surface area contributed by atoms with E-state index in [0.29, 0.717) is 18.0 Å². The minimum absolute atomic E-state index is 0.0471. The van der Waals surface area contributed by atoms with Crippen LogP contribution in [0.3, 0.4) is 0 Å². The minimum Gasteiger partial charge on any atom is -0.352 e. The van der Waals surface area contributed by atoms with Crippen LogP contribution in [0.1, 0.15) is 48.9 Å². The molecule has 0 atom stereocenters. The van der Waals surface area contributed by atoms with Crippen LogP contribution in [-0.4, -0.2) is 39.3 Å². The van der Waals surface area contributed by atoms with Crippen molar-refractivity contribution in [2.45, 2.75) is 43.4 Å². The smallest absolute Gasteiger partial charge is 0.251 e. The number of carbonyl (C=O) groups is 1. The molecule has 134 valence electrons. The summed E-state index contributed by atoms with van der Waals surface area (Å²) in [7, 11) is -0.814. The number of rotatable bonds is 6. The average molecular weight is 373 g/mol. The Bertz CT molecular complexity index is 683. The number of nitrogens with zero attached hydrogens (tertiary/aromatic N) is 1. The number of nitrogens with one attached hydrogen (secondary N) is 1. The second-order valence-electron chi connectivity index (χ2n) is 6.48. The van der Waals surface area contributed by atoms with E-state index >= 15 is 0 Å². The van der Waals surface area contributed by atoms with Crippen molar-refractivity contribution in [3.63, 3.8) is 0 Å². The van der Waals surface area contributed by atoms with Gasteiger partial charge in [-0.3, -0.25) is 4.79 Å². The molecule has 5 nitrogen and oxygen atoms in total. The van der Waals surface area contributed by atoms with E-state index in [9.17, 15) is 13.2 Å². The summed E-state index contributed by atoms with van der Waals surface area (Å²) in [6.07, 6.45) is 7.33. The van der Waals surface area contributed by atoms with Gasteiger partial charge in [0.05, 0.1) is 5.02 Å². The summed E-state index contributed by atoms with van der Waals surface area (Å²) in [5.41, 5.74) is 0.309. The van der Waals surface area contributed by atoms with Crippen LogP contribution in [-0.2, 0) is 10.0 Å². The molecule has 1 aliphatic rings. The monoisotopic (exact) mass is 372 g/mol. The van der Waals surface area contributed by atoms with Gasteiger partial charge in [-0.2, -0.15) is 0 Å². The van der Waals surface area contributed by atoms with Crippen LogP contribution < -0.4 is 5.32 Å². The zero-order valence-electron chi connectivity index (χ0n) is 14.2. The molecule has 2 rings (SSSR count). The van der Waals surface area contributed by atoms with Crippen LogP contribution in [0.2, 0.25) is 5.02 Å². The highest BCUT2D eigenvalue weighted by atomic mass is 35.5. The Morgan fingerprint density at radius 3 is 2.54 bits per heavy atom. The lowest BCUT2D eigenvalue weighted by Crippen LogP contribution is -2.27. The summed E-state index contributed by atoms with van der Waals surface area (Å²) in [6, 6.07) is 4.34. The van der Waals surface area contributed by atoms with E-state index in [4.69, 9.17) is 11.6 Å². The van der Waals surface area contributed by atoms with Crippen molar-refractivity contribution in [2.24, 2.45) is 5.92 Å². The van der Waals surface area contributed by atoms with E-state index in [1.54, 1.807) is 6.07 Å². The predicted octanol–water partition coefficient (Wildman–Crippen LogP) is 3.29. The summed E-state index contributed by atoms with van der Waals surface area (Å²) < 4.78 is 25.6. The first kappa shape index (κ1) is 19.2. The lowest BCUT2D eigenvalue weighted by Gasteiger charge is -2.21. The van der Waals surface area contributed by atoms with Crippen LogP contribution in [0, 0.1) is 5.92 Å². The summed E-state index contributed by atoms with van der Waals surface area (Å²) in [5, 5.41) is 3.00. The third kappa shape index (κ3) is 4.71. The second-order valence-corrected chi connectivity index (χ2v) is 9.01. The van der Waals surface area contributed by atoms with Crippen LogP contribution in [0.4, 0.5) is 0 Å². The van der Waals surface area contributed by atoms with E-state index in [0.717, 1.165) is 10.7 Å². The lowest BCUT2D eigenvalue weighted by molar-refractivity contribution is 0.0950.